The van der Waals surface area contributed by atoms with Gasteiger partial charge in [-0.2, -0.15) is 0 Å². The highest BCUT2D eigenvalue weighted by molar-refractivity contribution is 5.74. The molecule has 0 heterocycles. The Morgan fingerprint density at radius 3 is 2.07 bits per heavy atom. The van der Waals surface area contributed by atoms with Gasteiger partial charge in [0.05, 0.1) is 6.10 Å². The Kier molecular flexibility index (Phi) is 16.4. The molecule has 0 aliphatic rings. The molecule has 0 rings (SSSR count). The molecule has 8 nitrogen and oxygen atoms in total. The van der Waals surface area contributed by atoms with Crippen LogP contribution in [0.2, 0.25) is 0 Å². The second kappa shape index (κ2) is 17.2. The van der Waals surface area contributed by atoms with Crippen molar-refractivity contribution in [1.82, 2.24) is 0 Å². The molecule has 6 N–H and O–H groups in total. The van der Waals surface area contributed by atoms with E-state index in [1.807, 2.05) is 0 Å². The van der Waals surface area contributed by atoms with Gasteiger partial charge in [-0.15, -0.1) is 0 Å². The Bertz CT molecular complexity index is 498. The third kappa shape index (κ3) is 13.7. The van der Waals surface area contributed by atoms with E-state index in [-0.39, 0.29) is 6.10 Å². The predicted molar refractivity (Wildman–Crippen MR) is 115 cm³/mol. The van der Waals surface area contributed by atoms with Crippen LogP contribution in [0.5, 0.6) is 0 Å². The average Bonchev–Trinajstić information content (AvgIpc) is 2.69. The molecule has 0 spiro atoms. The highest BCUT2D eigenvalue weighted by Gasteiger charge is 2.36. The molecule has 5 atom stereocenters. The molecule has 0 radical (unpaired) electrons. The molecule has 30 heavy (non-hydrogen) atoms. The fourth-order valence-electron chi connectivity index (χ4n) is 3.18. The SMILES string of the molecule is CCCCCC[C@H](O)CCCCCC/C=C\[C@H](O)[C@@H](OC(C)=O)[C@H](O)[C@H](N)C(=O)O. The molecule has 0 aromatic rings. The summed E-state index contributed by atoms with van der Waals surface area (Å²) >= 11 is 0. The molecule has 0 amide bonds. The van der Waals surface area contributed by atoms with Gasteiger partial charge in [0.25, 0.3) is 0 Å². The summed E-state index contributed by atoms with van der Waals surface area (Å²) in [4.78, 5) is 22.1. The van der Waals surface area contributed by atoms with Crippen molar-refractivity contribution in [2.75, 3.05) is 0 Å². The number of allylic oxidation sites excluding steroid dienone is 1. The number of hydrogen-bond acceptors (Lipinski definition) is 7. The first-order valence-corrected chi connectivity index (χ1v) is 11.1. The van der Waals surface area contributed by atoms with Crippen LogP contribution in [-0.4, -0.2) is 62.8 Å². The van der Waals surface area contributed by atoms with E-state index in [1.165, 1.54) is 25.3 Å². The number of aliphatic carboxylic acids is 1. The molecule has 0 aromatic heterocycles. The van der Waals surface area contributed by atoms with Gasteiger partial charge in [-0.25, -0.2) is 0 Å². The Morgan fingerprint density at radius 1 is 0.967 bits per heavy atom. The van der Waals surface area contributed by atoms with Crippen molar-refractivity contribution in [3.63, 3.8) is 0 Å². The van der Waals surface area contributed by atoms with Crippen LogP contribution in [0.1, 0.15) is 84.5 Å². The molecule has 0 aliphatic heterocycles. The van der Waals surface area contributed by atoms with Crippen LogP contribution in [0, 0.1) is 0 Å². The van der Waals surface area contributed by atoms with Crippen molar-refractivity contribution >= 4 is 11.9 Å². The number of carbonyl (C=O) groups excluding carboxylic acids is 1. The molecular formula is C22H41NO7. The van der Waals surface area contributed by atoms with Crippen LogP contribution in [-0.2, 0) is 14.3 Å². The van der Waals surface area contributed by atoms with Gasteiger partial charge in [0, 0.05) is 6.92 Å². The number of esters is 1. The van der Waals surface area contributed by atoms with Crippen molar-refractivity contribution < 1.29 is 34.8 Å². The Labute approximate surface area is 180 Å². The lowest BCUT2D eigenvalue weighted by atomic mass is 10.00. The van der Waals surface area contributed by atoms with E-state index in [4.69, 9.17) is 15.6 Å². The second-order valence-corrected chi connectivity index (χ2v) is 7.84. The summed E-state index contributed by atoms with van der Waals surface area (Å²) in [5, 5.41) is 39.0. The number of nitrogens with two attached hydrogens (primary N) is 1. The maximum atomic E-state index is 11.2. The van der Waals surface area contributed by atoms with Crippen molar-refractivity contribution in [2.45, 2.75) is 115 Å². The van der Waals surface area contributed by atoms with Crippen LogP contribution in [0.4, 0.5) is 0 Å². The lowest BCUT2D eigenvalue weighted by Crippen LogP contribution is -2.53. The zero-order valence-corrected chi connectivity index (χ0v) is 18.4. The minimum Gasteiger partial charge on any atom is -0.480 e. The smallest absolute Gasteiger partial charge is 0.323 e. The number of carboxylic acid groups (broad SMARTS) is 1. The van der Waals surface area contributed by atoms with Gasteiger partial charge in [0.2, 0.25) is 0 Å². The largest absolute Gasteiger partial charge is 0.480 e. The number of ether oxygens (including phenoxy) is 1. The van der Waals surface area contributed by atoms with E-state index < -0.39 is 36.3 Å². The normalized spacial score (nSPS) is 16.7. The van der Waals surface area contributed by atoms with E-state index in [0.29, 0.717) is 6.42 Å². The first-order valence-electron chi connectivity index (χ1n) is 11.1. The third-order valence-corrected chi connectivity index (χ3v) is 5.01. The number of aliphatic hydroxyl groups excluding tert-OH is 3. The molecule has 0 saturated heterocycles. The maximum absolute atomic E-state index is 11.2. The number of carbonyl (C=O) groups is 2. The van der Waals surface area contributed by atoms with Crippen molar-refractivity contribution in [1.29, 1.82) is 0 Å². The zero-order chi connectivity index (χ0) is 22.9. The summed E-state index contributed by atoms with van der Waals surface area (Å²) in [7, 11) is 0. The van der Waals surface area contributed by atoms with Crippen LogP contribution in [0.15, 0.2) is 12.2 Å². The van der Waals surface area contributed by atoms with E-state index in [2.05, 4.69) is 6.92 Å². The molecule has 8 heteroatoms. The number of carboxylic acids is 1. The number of aliphatic hydroxyl groups is 3. The fraction of sp³-hybridized carbons (Fsp3) is 0.818. The topological polar surface area (TPSA) is 150 Å². The van der Waals surface area contributed by atoms with Gasteiger partial charge in [-0.05, 0) is 25.7 Å². The predicted octanol–water partition coefficient (Wildman–Crippen LogP) is 2.28. The number of unbranched alkanes of at least 4 members (excludes halogenated alkanes) is 7. The maximum Gasteiger partial charge on any atom is 0.323 e. The first-order chi connectivity index (χ1) is 14.2. The minimum atomic E-state index is -1.74. The molecule has 0 fully saturated rings. The third-order valence-electron chi connectivity index (χ3n) is 5.01. The quantitative estimate of drug-likeness (QED) is 0.126. The Morgan fingerprint density at radius 2 is 1.53 bits per heavy atom. The molecule has 0 saturated carbocycles. The number of rotatable bonds is 18. The van der Waals surface area contributed by atoms with E-state index in [0.717, 1.165) is 51.9 Å². The molecule has 0 aliphatic carbocycles. The fourth-order valence-corrected chi connectivity index (χ4v) is 3.18. The molecule has 0 unspecified atom stereocenters. The van der Waals surface area contributed by atoms with Crippen LogP contribution >= 0.6 is 0 Å². The second-order valence-electron chi connectivity index (χ2n) is 7.84. The number of hydrogen-bond donors (Lipinski definition) is 5. The van der Waals surface area contributed by atoms with Gasteiger partial charge >= 0.3 is 11.9 Å². The van der Waals surface area contributed by atoms with Crippen LogP contribution in [0.25, 0.3) is 0 Å². The van der Waals surface area contributed by atoms with Crippen molar-refractivity contribution in [3.05, 3.63) is 12.2 Å². The Balaban J connectivity index is 4.13. The highest BCUT2D eigenvalue weighted by atomic mass is 16.6. The van der Waals surface area contributed by atoms with Crippen molar-refractivity contribution in [3.8, 4) is 0 Å². The summed E-state index contributed by atoms with van der Waals surface area (Å²) in [6, 6.07) is -1.68. The van der Waals surface area contributed by atoms with Crippen LogP contribution in [0.3, 0.4) is 0 Å². The summed E-state index contributed by atoms with van der Waals surface area (Å²) in [5.74, 6) is -2.21. The zero-order valence-electron chi connectivity index (χ0n) is 18.4. The summed E-state index contributed by atoms with van der Waals surface area (Å²) < 4.78 is 4.86. The molecule has 0 bridgehead atoms. The van der Waals surface area contributed by atoms with Gasteiger partial charge in [0.1, 0.15) is 18.2 Å². The van der Waals surface area contributed by atoms with Gasteiger partial charge in [-0.1, -0.05) is 64.0 Å². The van der Waals surface area contributed by atoms with Gasteiger partial charge in [-0.3, -0.25) is 9.59 Å². The lowest BCUT2D eigenvalue weighted by Gasteiger charge is -2.27. The summed E-state index contributed by atoms with van der Waals surface area (Å²) in [6.45, 7) is 3.27. The van der Waals surface area contributed by atoms with E-state index >= 15 is 0 Å². The van der Waals surface area contributed by atoms with Gasteiger partial charge < -0.3 is 30.9 Å². The molecule has 0 aromatic carbocycles. The average molecular weight is 432 g/mol. The minimum absolute atomic E-state index is 0.210. The van der Waals surface area contributed by atoms with E-state index in [1.54, 1.807) is 6.08 Å². The van der Waals surface area contributed by atoms with Gasteiger partial charge in [0.15, 0.2) is 6.10 Å². The monoisotopic (exact) mass is 431 g/mol. The lowest BCUT2D eigenvalue weighted by molar-refractivity contribution is -0.164. The molecule has 176 valence electrons. The van der Waals surface area contributed by atoms with E-state index in [9.17, 15) is 24.9 Å². The highest BCUT2D eigenvalue weighted by Crippen LogP contribution is 2.14. The first kappa shape index (κ1) is 28.5. The Hall–Kier alpha value is -1.48. The van der Waals surface area contributed by atoms with Crippen LogP contribution < -0.4 is 5.73 Å². The summed E-state index contributed by atoms with van der Waals surface area (Å²) in [6.07, 6.45) is 9.29. The van der Waals surface area contributed by atoms with Crippen molar-refractivity contribution in [2.24, 2.45) is 5.73 Å². The molecular weight excluding hydrogens is 390 g/mol. The summed E-state index contributed by atoms with van der Waals surface area (Å²) in [5.41, 5.74) is 5.36. The standard InChI is InChI=1S/C22H41NO7/c1-3-4-5-10-13-17(25)14-11-8-6-7-9-12-15-18(26)21(30-16(2)24)20(27)19(23)22(28)29/h12,15,17-21,25-27H,3-11,13-14,23H2,1-2H3,(H,28,29)/b15-12-/t17-,18-,19-,20+,21+/m0/s1.